The van der Waals surface area contributed by atoms with Gasteiger partial charge in [-0.15, -0.1) is 0 Å². The van der Waals surface area contributed by atoms with Crippen molar-refractivity contribution in [2.75, 3.05) is 31.1 Å². The predicted octanol–water partition coefficient (Wildman–Crippen LogP) is 2.57. The number of amides is 1. The van der Waals surface area contributed by atoms with Gasteiger partial charge in [0.05, 0.1) is 0 Å². The summed E-state index contributed by atoms with van der Waals surface area (Å²) in [5.74, 6) is 2.19. The van der Waals surface area contributed by atoms with Crippen molar-refractivity contribution in [3.05, 3.63) is 47.0 Å². The standard InChI is InChI=1S/C22H31N5OS/c1-2-11-27-20-7-6-18(24-10-8-17-5-3-4-9-23-17)16-19(20)21(25-27)22(28)26-12-14-29-15-13-26/h3-5,9,18,24H,2,6-8,10-16H2,1H3. The fourth-order valence-corrected chi connectivity index (χ4v) is 5.20. The van der Waals surface area contributed by atoms with E-state index < -0.39 is 0 Å². The van der Waals surface area contributed by atoms with Crippen LogP contribution in [-0.4, -0.2) is 62.8 Å². The van der Waals surface area contributed by atoms with E-state index in [-0.39, 0.29) is 5.91 Å². The molecular weight excluding hydrogens is 382 g/mol. The molecule has 1 aliphatic carbocycles. The van der Waals surface area contributed by atoms with Crippen LogP contribution < -0.4 is 5.32 Å². The van der Waals surface area contributed by atoms with Crippen molar-refractivity contribution in [3.8, 4) is 0 Å². The summed E-state index contributed by atoms with van der Waals surface area (Å²) < 4.78 is 2.10. The van der Waals surface area contributed by atoms with Gasteiger partial charge < -0.3 is 10.2 Å². The summed E-state index contributed by atoms with van der Waals surface area (Å²) in [6, 6.07) is 6.46. The molecule has 1 saturated heterocycles. The number of hydrogen-bond acceptors (Lipinski definition) is 5. The first kappa shape index (κ1) is 20.4. The summed E-state index contributed by atoms with van der Waals surface area (Å²) in [6.45, 7) is 5.65. The first-order chi connectivity index (χ1) is 14.3. The normalized spacial score (nSPS) is 19.2. The van der Waals surface area contributed by atoms with Gasteiger partial charge in [-0.05, 0) is 37.8 Å². The first-order valence-corrected chi connectivity index (χ1v) is 12.0. The van der Waals surface area contributed by atoms with Gasteiger partial charge in [-0.2, -0.15) is 16.9 Å². The third-order valence-electron chi connectivity index (χ3n) is 5.82. The number of nitrogens with one attached hydrogen (secondary N) is 1. The number of hydrogen-bond donors (Lipinski definition) is 1. The van der Waals surface area contributed by atoms with Gasteiger partial charge in [-0.25, -0.2) is 0 Å². The molecule has 2 aliphatic rings. The molecule has 6 nitrogen and oxygen atoms in total. The quantitative estimate of drug-likeness (QED) is 0.756. The maximum absolute atomic E-state index is 13.2. The second kappa shape index (κ2) is 9.76. The zero-order valence-corrected chi connectivity index (χ0v) is 18.1. The van der Waals surface area contributed by atoms with Gasteiger partial charge in [-0.1, -0.05) is 13.0 Å². The summed E-state index contributed by atoms with van der Waals surface area (Å²) >= 11 is 1.93. The molecule has 1 amide bonds. The highest BCUT2D eigenvalue weighted by atomic mass is 32.2. The van der Waals surface area contributed by atoms with Crippen LogP contribution in [-0.2, 0) is 25.8 Å². The number of thioether (sulfide) groups is 1. The Balaban J connectivity index is 1.45. The van der Waals surface area contributed by atoms with Crippen LogP contribution in [0.15, 0.2) is 24.4 Å². The van der Waals surface area contributed by atoms with Crippen molar-refractivity contribution in [2.24, 2.45) is 0 Å². The fraction of sp³-hybridized carbons (Fsp3) is 0.591. The molecule has 0 radical (unpaired) electrons. The fourth-order valence-electron chi connectivity index (χ4n) is 4.30. The zero-order valence-electron chi connectivity index (χ0n) is 17.3. The molecule has 2 aromatic heterocycles. The molecule has 1 N–H and O–H groups in total. The number of rotatable bonds is 7. The summed E-state index contributed by atoms with van der Waals surface area (Å²) in [5, 5.41) is 8.49. The Morgan fingerprint density at radius 1 is 1.31 bits per heavy atom. The molecule has 0 spiro atoms. The van der Waals surface area contributed by atoms with Crippen LogP contribution >= 0.6 is 11.8 Å². The molecule has 0 bridgehead atoms. The maximum atomic E-state index is 13.2. The minimum atomic E-state index is 0.130. The number of carbonyl (C=O) groups is 1. The average Bonchev–Trinajstić information content (AvgIpc) is 3.13. The van der Waals surface area contributed by atoms with E-state index in [0.717, 1.165) is 75.5 Å². The minimum absolute atomic E-state index is 0.130. The highest BCUT2D eigenvalue weighted by molar-refractivity contribution is 7.99. The molecule has 29 heavy (non-hydrogen) atoms. The van der Waals surface area contributed by atoms with Crippen LogP contribution in [0.3, 0.4) is 0 Å². The molecular formula is C22H31N5OS. The van der Waals surface area contributed by atoms with Gasteiger partial charge >= 0.3 is 0 Å². The van der Waals surface area contributed by atoms with E-state index in [4.69, 9.17) is 5.10 Å². The van der Waals surface area contributed by atoms with Gasteiger partial charge in [0.15, 0.2) is 5.69 Å². The number of carbonyl (C=O) groups excluding carboxylic acids is 1. The summed E-state index contributed by atoms with van der Waals surface area (Å²) in [4.78, 5) is 19.6. The van der Waals surface area contributed by atoms with Crippen LogP contribution in [0.1, 0.15) is 47.2 Å². The number of aryl methyl sites for hydroxylation is 1. The topological polar surface area (TPSA) is 63.1 Å². The molecule has 2 aromatic rings. The molecule has 4 rings (SSSR count). The van der Waals surface area contributed by atoms with Gasteiger partial charge in [-0.3, -0.25) is 14.5 Å². The Hall–Kier alpha value is -1.86. The number of fused-ring (bicyclic) bond motifs is 1. The van der Waals surface area contributed by atoms with E-state index in [0.29, 0.717) is 11.7 Å². The molecule has 1 atom stereocenters. The Morgan fingerprint density at radius 2 is 2.17 bits per heavy atom. The van der Waals surface area contributed by atoms with E-state index in [1.54, 1.807) is 0 Å². The number of nitrogens with zero attached hydrogens (tertiary/aromatic N) is 4. The largest absolute Gasteiger partial charge is 0.336 e. The molecule has 0 saturated carbocycles. The maximum Gasteiger partial charge on any atom is 0.274 e. The van der Waals surface area contributed by atoms with E-state index in [9.17, 15) is 4.79 Å². The van der Waals surface area contributed by atoms with Crippen molar-refractivity contribution < 1.29 is 4.79 Å². The van der Waals surface area contributed by atoms with Crippen molar-refractivity contribution in [2.45, 2.75) is 51.6 Å². The smallest absolute Gasteiger partial charge is 0.274 e. The van der Waals surface area contributed by atoms with Gasteiger partial charge in [0.2, 0.25) is 0 Å². The molecule has 1 aliphatic heterocycles. The molecule has 1 fully saturated rings. The SMILES string of the molecule is CCCn1nc(C(=O)N2CCSCC2)c2c1CCC(NCCc1ccccn1)C2. The second-order valence-corrected chi connectivity index (χ2v) is 9.09. The predicted molar refractivity (Wildman–Crippen MR) is 118 cm³/mol. The van der Waals surface area contributed by atoms with Gasteiger partial charge in [0.1, 0.15) is 0 Å². The summed E-state index contributed by atoms with van der Waals surface area (Å²) in [5.41, 5.74) is 4.29. The van der Waals surface area contributed by atoms with E-state index in [2.05, 4.69) is 28.0 Å². The molecule has 7 heteroatoms. The molecule has 156 valence electrons. The van der Waals surface area contributed by atoms with E-state index in [1.165, 1.54) is 11.3 Å². The zero-order chi connectivity index (χ0) is 20.1. The Labute approximate surface area is 177 Å². The van der Waals surface area contributed by atoms with Crippen LogP contribution in [0, 0.1) is 0 Å². The monoisotopic (exact) mass is 413 g/mol. The highest BCUT2D eigenvalue weighted by Crippen LogP contribution is 2.27. The van der Waals surface area contributed by atoms with Crippen LogP contribution in [0.4, 0.5) is 0 Å². The molecule has 1 unspecified atom stereocenters. The van der Waals surface area contributed by atoms with Crippen molar-refractivity contribution in [1.82, 2.24) is 25.0 Å². The van der Waals surface area contributed by atoms with Crippen molar-refractivity contribution in [3.63, 3.8) is 0 Å². The lowest BCUT2D eigenvalue weighted by atomic mass is 9.91. The third kappa shape index (κ3) is 4.83. The lowest BCUT2D eigenvalue weighted by molar-refractivity contribution is 0.0764. The number of aromatic nitrogens is 3. The van der Waals surface area contributed by atoms with Crippen LogP contribution in [0.25, 0.3) is 0 Å². The van der Waals surface area contributed by atoms with E-state index >= 15 is 0 Å². The summed E-state index contributed by atoms with van der Waals surface area (Å²) in [6.07, 6.45) is 6.79. The van der Waals surface area contributed by atoms with Crippen LogP contribution in [0.5, 0.6) is 0 Å². The first-order valence-electron chi connectivity index (χ1n) is 10.8. The molecule has 3 heterocycles. The van der Waals surface area contributed by atoms with Crippen molar-refractivity contribution in [1.29, 1.82) is 0 Å². The second-order valence-electron chi connectivity index (χ2n) is 7.87. The Morgan fingerprint density at radius 3 is 2.93 bits per heavy atom. The lowest BCUT2D eigenvalue weighted by Gasteiger charge is -2.27. The summed E-state index contributed by atoms with van der Waals surface area (Å²) in [7, 11) is 0. The van der Waals surface area contributed by atoms with E-state index in [1.807, 2.05) is 35.0 Å². The molecule has 0 aromatic carbocycles. The Kier molecular flexibility index (Phi) is 6.87. The van der Waals surface area contributed by atoms with Gasteiger partial charge in [0.25, 0.3) is 5.91 Å². The Bertz CT molecular complexity index is 816. The number of pyridine rings is 1. The average molecular weight is 414 g/mol. The van der Waals surface area contributed by atoms with Gasteiger partial charge in [0, 0.05) is 73.3 Å². The lowest BCUT2D eigenvalue weighted by Crippen LogP contribution is -2.40. The third-order valence-corrected chi connectivity index (χ3v) is 6.77. The highest BCUT2D eigenvalue weighted by Gasteiger charge is 2.31. The minimum Gasteiger partial charge on any atom is -0.336 e. The van der Waals surface area contributed by atoms with Crippen LogP contribution in [0.2, 0.25) is 0 Å². The van der Waals surface area contributed by atoms with Crippen molar-refractivity contribution >= 4 is 17.7 Å².